The number of anilines is 3. The fraction of sp³-hybridized carbons (Fsp3) is 0.0714. The first kappa shape index (κ1) is 13.2. The highest BCUT2D eigenvalue weighted by atomic mass is 35.5. The molecule has 0 aliphatic heterocycles. The van der Waals surface area contributed by atoms with Crippen molar-refractivity contribution in [1.82, 2.24) is 0 Å². The Bertz CT molecular complexity index is 583. The number of nitrogen functional groups attached to an aromatic ring is 1. The molecule has 0 saturated heterocycles. The van der Waals surface area contributed by atoms with Crippen LogP contribution in [0.2, 0.25) is 5.02 Å². The Labute approximate surface area is 116 Å². The molecule has 0 spiro atoms. The summed E-state index contributed by atoms with van der Waals surface area (Å²) in [6, 6.07) is 13.8. The van der Waals surface area contributed by atoms with Crippen molar-refractivity contribution in [3.8, 4) is 0 Å². The van der Waals surface area contributed by atoms with Gasteiger partial charge < -0.3 is 11.1 Å². The minimum atomic E-state index is -0.243. The first-order valence-electron chi connectivity index (χ1n) is 5.72. The number of carbonyl (C=O) groups excluding carboxylic acids is 1. The molecular formula is C14H14ClN3O. The molecule has 0 radical (unpaired) electrons. The van der Waals surface area contributed by atoms with E-state index in [2.05, 4.69) is 5.32 Å². The molecule has 0 saturated carbocycles. The Morgan fingerprint density at radius 1 is 1.21 bits per heavy atom. The highest BCUT2D eigenvalue weighted by Gasteiger charge is 2.10. The number of nitrogens with one attached hydrogen (secondary N) is 1. The quantitative estimate of drug-likeness (QED) is 0.823. The first-order chi connectivity index (χ1) is 9.06. The van der Waals surface area contributed by atoms with Gasteiger partial charge in [-0.3, -0.25) is 4.90 Å². The highest BCUT2D eigenvalue weighted by molar-refractivity contribution is 6.30. The fourth-order valence-corrected chi connectivity index (χ4v) is 1.78. The number of hydrogen-bond acceptors (Lipinski definition) is 2. The summed E-state index contributed by atoms with van der Waals surface area (Å²) in [4.78, 5) is 13.5. The monoisotopic (exact) mass is 275 g/mol. The lowest BCUT2D eigenvalue weighted by molar-refractivity contribution is 0.258. The molecule has 4 nitrogen and oxygen atoms in total. The summed E-state index contributed by atoms with van der Waals surface area (Å²) in [6.07, 6.45) is 0. The van der Waals surface area contributed by atoms with E-state index in [1.807, 2.05) is 0 Å². The maximum atomic E-state index is 12.0. The maximum Gasteiger partial charge on any atom is 0.326 e. The Morgan fingerprint density at radius 2 is 1.89 bits per heavy atom. The molecule has 0 aromatic heterocycles. The lowest BCUT2D eigenvalue weighted by Crippen LogP contribution is -2.31. The summed E-state index contributed by atoms with van der Waals surface area (Å²) < 4.78 is 0. The summed E-state index contributed by atoms with van der Waals surface area (Å²) in [6.45, 7) is 0. The molecule has 0 fully saturated rings. The van der Waals surface area contributed by atoms with Gasteiger partial charge in [-0.2, -0.15) is 0 Å². The number of benzene rings is 2. The van der Waals surface area contributed by atoms with Crippen LogP contribution in [0.5, 0.6) is 0 Å². The number of amides is 2. The van der Waals surface area contributed by atoms with E-state index >= 15 is 0 Å². The third-order valence-electron chi connectivity index (χ3n) is 2.66. The smallest absolute Gasteiger partial charge is 0.326 e. The van der Waals surface area contributed by atoms with Crippen molar-refractivity contribution >= 4 is 34.7 Å². The normalized spacial score (nSPS) is 10.0. The average molecular weight is 276 g/mol. The number of hydrogen-bond donors (Lipinski definition) is 2. The van der Waals surface area contributed by atoms with E-state index < -0.39 is 0 Å². The fourth-order valence-electron chi connectivity index (χ4n) is 1.59. The van der Waals surface area contributed by atoms with Gasteiger partial charge in [-0.25, -0.2) is 4.79 Å². The minimum Gasteiger partial charge on any atom is -0.399 e. The third kappa shape index (κ3) is 3.39. The van der Waals surface area contributed by atoms with Gasteiger partial charge in [-0.15, -0.1) is 0 Å². The second kappa shape index (κ2) is 5.63. The molecule has 0 aliphatic rings. The molecule has 0 aliphatic carbocycles. The molecule has 0 bridgehead atoms. The predicted octanol–water partition coefficient (Wildman–Crippen LogP) is 3.59. The summed E-state index contributed by atoms with van der Waals surface area (Å²) >= 11 is 5.86. The van der Waals surface area contributed by atoms with E-state index in [-0.39, 0.29) is 6.03 Å². The second-order valence-electron chi connectivity index (χ2n) is 4.09. The van der Waals surface area contributed by atoms with Crippen LogP contribution in [0.3, 0.4) is 0 Å². The third-order valence-corrected chi connectivity index (χ3v) is 2.90. The van der Waals surface area contributed by atoms with Gasteiger partial charge in [-0.05, 0) is 42.5 Å². The van der Waals surface area contributed by atoms with E-state index in [0.29, 0.717) is 16.4 Å². The molecule has 19 heavy (non-hydrogen) atoms. The van der Waals surface area contributed by atoms with Crippen molar-refractivity contribution in [1.29, 1.82) is 0 Å². The second-order valence-corrected chi connectivity index (χ2v) is 4.53. The summed E-state index contributed by atoms with van der Waals surface area (Å²) in [5.41, 5.74) is 7.68. The Hall–Kier alpha value is -2.20. The molecule has 2 rings (SSSR count). The highest BCUT2D eigenvalue weighted by Crippen LogP contribution is 2.18. The molecular weight excluding hydrogens is 262 g/mol. The Kier molecular flexibility index (Phi) is 3.92. The van der Waals surface area contributed by atoms with Crippen LogP contribution in [-0.4, -0.2) is 13.1 Å². The van der Waals surface area contributed by atoms with Gasteiger partial charge in [0.1, 0.15) is 0 Å². The van der Waals surface area contributed by atoms with Crippen molar-refractivity contribution in [3.63, 3.8) is 0 Å². The van der Waals surface area contributed by atoms with Gasteiger partial charge in [-0.1, -0.05) is 17.7 Å². The van der Waals surface area contributed by atoms with E-state index in [9.17, 15) is 4.79 Å². The number of carbonyl (C=O) groups is 1. The van der Waals surface area contributed by atoms with Crippen LogP contribution < -0.4 is 16.0 Å². The van der Waals surface area contributed by atoms with E-state index in [4.69, 9.17) is 17.3 Å². The van der Waals surface area contributed by atoms with Crippen LogP contribution in [0.4, 0.5) is 21.9 Å². The van der Waals surface area contributed by atoms with Crippen LogP contribution >= 0.6 is 11.6 Å². The zero-order valence-corrected chi connectivity index (χ0v) is 11.2. The number of rotatable bonds is 2. The standard InChI is InChI=1S/C14H14ClN3O/c1-18(13-7-5-11(16)6-8-13)14(19)17-12-4-2-3-10(15)9-12/h2-9H,16H2,1H3,(H,17,19). The van der Waals surface area contributed by atoms with Gasteiger partial charge in [0, 0.05) is 29.1 Å². The molecule has 2 aromatic carbocycles. The largest absolute Gasteiger partial charge is 0.399 e. The van der Waals surface area contributed by atoms with Crippen molar-refractivity contribution in [2.45, 2.75) is 0 Å². The van der Waals surface area contributed by atoms with Gasteiger partial charge in [0.25, 0.3) is 0 Å². The molecule has 0 unspecified atom stereocenters. The summed E-state index contributed by atoms with van der Waals surface area (Å²) in [5, 5.41) is 3.34. The van der Waals surface area contributed by atoms with E-state index in [1.54, 1.807) is 55.6 Å². The van der Waals surface area contributed by atoms with Gasteiger partial charge in [0.05, 0.1) is 0 Å². The molecule has 3 N–H and O–H groups in total. The maximum absolute atomic E-state index is 12.0. The first-order valence-corrected chi connectivity index (χ1v) is 6.10. The number of halogens is 1. The van der Waals surface area contributed by atoms with Gasteiger partial charge >= 0.3 is 6.03 Å². The topological polar surface area (TPSA) is 58.4 Å². The summed E-state index contributed by atoms with van der Waals surface area (Å²) in [7, 11) is 1.69. The van der Waals surface area contributed by atoms with E-state index in [1.165, 1.54) is 4.90 Å². The number of nitrogens with zero attached hydrogens (tertiary/aromatic N) is 1. The van der Waals surface area contributed by atoms with E-state index in [0.717, 1.165) is 5.69 Å². The van der Waals surface area contributed by atoms with Crippen LogP contribution in [0, 0.1) is 0 Å². The molecule has 0 heterocycles. The number of urea groups is 1. The van der Waals surface area contributed by atoms with Gasteiger partial charge in [0.2, 0.25) is 0 Å². The zero-order valence-electron chi connectivity index (χ0n) is 10.4. The average Bonchev–Trinajstić information content (AvgIpc) is 2.39. The Morgan fingerprint density at radius 3 is 2.53 bits per heavy atom. The zero-order chi connectivity index (χ0) is 13.8. The SMILES string of the molecule is CN(C(=O)Nc1cccc(Cl)c1)c1ccc(N)cc1. The van der Waals surface area contributed by atoms with Crippen LogP contribution in [0.25, 0.3) is 0 Å². The van der Waals surface area contributed by atoms with Crippen molar-refractivity contribution in [2.75, 3.05) is 23.0 Å². The van der Waals surface area contributed by atoms with Crippen LogP contribution in [0.15, 0.2) is 48.5 Å². The molecule has 5 heteroatoms. The Balaban J connectivity index is 2.09. The molecule has 2 aromatic rings. The minimum absolute atomic E-state index is 0.243. The lowest BCUT2D eigenvalue weighted by atomic mass is 10.2. The van der Waals surface area contributed by atoms with Crippen LogP contribution in [-0.2, 0) is 0 Å². The molecule has 98 valence electrons. The van der Waals surface area contributed by atoms with Crippen molar-refractivity contribution < 1.29 is 4.79 Å². The predicted molar refractivity (Wildman–Crippen MR) is 79.7 cm³/mol. The lowest BCUT2D eigenvalue weighted by Gasteiger charge is -2.18. The van der Waals surface area contributed by atoms with Crippen molar-refractivity contribution in [3.05, 3.63) is 53.6 Å². The molecule has 0 atom stereocenters. The van der Waals surface area contributed by atoms with Gasteiger partial charge in [0.15, 0.2) is 0 Å². The summed E-state index contributed by atoms with van der Waals surface area (Å²) in [5.74, 6) is 0. The number of nitrogens with two attached hydrogens (primary N) is 1. The molecule has 2 amide bonds. The van der Waals surface area contributed by atoms with Crippen molar-refractivity contribution in [2.24, 2.45) is 0 Å². The van der Waals surface area contributed by atoms with Crippen LogP contribution in [0.1, 0.15) is 0 Å².